The highest BCUT2D eigenvalue weighted by molar-refractivity contribution is 6.02. The molecule has 1 amide bonds. The number of hydrogen-bond acceptors (Lipinski definition) is 4. The summed E-state index contributed by atoms with van der Waals surface area (Å²) >= 11 is 0. The molecule has 0 radical (unpaired) electrons. The van der Waals surface area contributed by atoms with Gasteiger partial charge in [0.15, 0.2) is 0 Å². The largest absolute Gasteiger partial charge is 0.508 e. The minimum atomic E-state index is -0.0169. The normalized spacial score (nSPS) is 13.7. The Hall–Kier alpha value is -2.82. The number of phenolic OH excluding ortho intramolecular Hbond substituents is 1. The number of carbonyl (C=O) groups is 1. The number of benzene rings is 2. The maximum Gasteiger partial charge on any atom is 0.247 e. The van der Waals surface area contributed by atoms with Crippen LogP contribution in [0.1, 0.15) is 30.0 Å². The van der Waals surface area contributed by atoms with Crippen LogP contribution in [-0.4, -0.2) is 35.4 Å². The van der Waals surface area contributed by atoms with Crippen molar-refractivity contribution in [1.82, 2.24) is 5.01 Å². The van der Waals surface area contributed by atoms with E-state index < -0.39 is 0 Å². The fraction of sp³-hybridized carbons (Fsp3) is 0.300. The topological polar surface area (TPSA) is 62.1 Å². The molecule has 0 fully saturated rings. The molecule has 0 saturated heterocycles. The molecule has 1 aliphatic heterocycles. The number of rotatable bonds is 5. The third kappa shape index (κ3) is 3.82. The summed E-state index contributed by atoms with van der Waals surface area (Å²) in [5.74, 6) is 0.965. The van der Waals surface area contributed by atoms with Crippen molar-refractivity contribution in [3.8, 4) is 11.5 Å². The van der Waals surface area contributed by atoms with Crippen LogP contribution in [0.15, 0.2) is 47.6 Å². The Bertz CT molecular complexity index is 797. The molecule has 25 heavy (non-hydrogen) atoms. The van der Waals surface area contributed by atoms with Gasteiger partial charge >= 0.3 is 0 Å². The van der Waals surface area contributed by atoms with E-state index in [1.165, 1.54) is 0 Å². The highest BCUT2D eigenvalue weighted by Crippen LogP contribution is 2.21. The second kappa shape index (κ2) is 7.38. The van der Waals surface area contributed by atoms with Gasteiger partial charge in [-0.2, -0.15) is 5.10 Å². The predicted molar refractivity (Wildman–Crippen MR) is 97.0 cm³/mol. The lowest BCUT2D eigenvalue weighted by atomic mass is 10.0. The fourth-order valence-corrected chi connectivity index (χ4v) is 2.99. The molecule has 0 aliphatic carbocycles. The van der Waals surface area contributed by atoms with Gasteiger partial charge in [0.1, 0.15) is 11.5 Å². The van der Waals surface area contributed by atoms with Gasteiger partial charge in [0.25, 0.3) is 0 Å². The van der Waals surface area contributed by atoms with Gasteiger partial charge < -0.3 is 9.84 Å². The van der Waals surface area contributed by atoms with Gasteiger partial charge in [0.05, 0.1) is 25.8 Å². The summed E-state index contributed by atoms with van der Waals surface area (Å²) in [4.78, 5) is 12.7. The van der Waals surface area contributed by atoms with E-state index in [9.17, 15) is 9.90 Å². The molecule has 5 heteroatoms. The molecule has 1 N–H and O–H groups in total. The van der Waals surface area contributed by atoms with Crippen molar-refractivity contribution in [2.75, 3.05) is 13.7 Å². The smallest absolute Gasteiger partial charge is 0.247 e. The summed E-state index contributed by atoms with van der Waals surface area (Å²) in [5, 5.41) is 15.4. The van der Waals surface area contributed by atoms with Crippen molar-refractivity contribution < 1.29 is 14.6 Å². The first-order chi connectivity index (χ1) is 12.1. The van der Waals surface area contributed by atoms with Crippen LogP contribution in [0.2, 0.25) is 0 Å². The van der Waals surface area contributed by atoms with Crippen LogP contribution in [0.5, 0.6) is 11.5 Å². The highest BCUT2D eigenvalue weighted by atomic mass is 16.5. The van der Waals surface area contributed by atoms with E-state index in [0.717, 1.165) is 41.0 Å². The number of methoxy groups -OCH3 is 1. The third-order valence-corrected chi connectivity index (χ3v) is 4.43. The molecule has 0 spiro atoms. The number of phenols is 1. The predicted octanol–water partition coefficient (Wildman–Crippen LogP) is 3.14. The summed E-state index contributed by atoms with van der Waals surface area (Å²) in [6.07, 6.45) is 1.90. The number of hydrazone groups is 1. The first-order valence-corrected chi connectivity index (χ1v) is 8.43. The SMILES string of the molecule is CCc1ccc(OC)cc1CC(=O)N1CCC(c2ccc(O)cc2)=N1. The van der Waals surface area contributed by atoms with Gasteiger partial charge in [-0.15, -0.1) is 0 Å². The second-order valence-corrected chi connectivity index (χ2v) is 6.03. The summed E-state index contributed by atoms with van der Waals surface area (Å²) in [6, 6.07) is 12.8. The molecule has 2 aromatic carbocycles. The Morgan fingerprint density at radius 3 is 2.64 bits per heavy atom. The quantitative estimate of drug-likeness (QED) is 0.911. The average molecular weight is 338 g/mol. The zero-order valence-electron chi connectivity index (χ0n) is 14.5. The molecule has 1 heterocycles. The van der Waals surface area contributed by atoms with Gasteiger partial charge in [-0.3, -0.25) is 4.79 Å². The monoisotopic (exact) mass is 338 g/mol. The number of nitrogens with zero attached hydrogens (tertiary/aromatic N) is 2. The Morgan fingerprint density at radius 2 is 1.96 bits per heavy atom. The van der Waals surface area contributed by atoms with Crippen molar-refractivity contribution in [2.24, 2.45) is 5.10 Å². The molecule has 5 nitrogen and oxygen atoms in total. The van der Waals surface area contributed by atoms with Crippen LogP contribution in [0.3, 0.4) is 0 Å². The number of carbonyl (C=O) groups excluding carboxylic acids is 1. The van der Waals surface area contributed by atoms with Gasteiger partial charge in [0.2, 0.25) is 5.91 Å². The molecule has 3 rings (SSSR count). The van der Waals surface area contributed by atoms with Crippen LogP contribution in [0, 0.1) is 0 Å². The highest BCUT2D eigenvalue weighted by Gasteiger charge is 2.22. The van der Waals surface area contributed by atoms with Crippen LogP contribution >= 0.6 is 0 Å². The van der Waals surface area contributed by atoms with Gasteiger partial charge in [-0.05, 0) is 59.5 Å². The lowest BCUT2D eigenvalue weighted by Gasteiger charge is -2.14. The molecule has 2 aromatic rings. The van der Waals surface area contributed by atoms with E-state index in [0.29, 0.717) is 13.0 Å². The second-order valence-electron chi connectivity index (χ2n) is 6.03. The standard InChI is InChI=1S/C20H22N2O3/c1-3-14-6-9-18(25-2)12-16(14)13-20(24)22-11-10-19(21-22)15-4-7-17(23)8-5-15/h4-9,12,23H,3,10-11,13H2,1-2H3. The van der Waals surface area contributed by atoms with E-state index >= 15 is 0 Å². The van der Waals surface area contributed by atoms with E-state index in [1.54, 1.807) is 24.3 Å². The van der Waals surface area contributed by atoms with Gasteiger partial charge in [-0.1, -0.05) is 13.0 Å². The van der Waals surface area contributed by atoms with E-state index in [-0.39, 0.29) is 11.7 Å². The molecule has 0 aromatic heterocycles. The molecule has 0 bridgehead atoms. The van der Waals surface area contributed by atoms with Crippen molar-refractivity contribution in [1.29, 1.82) is 0 Å². The van der Waals surface area contributed by atoms with Crippen LogP contribution < -0.4 is 4.74 Å². The maximum atomic E-state index is 12.7. The third-order valence-electron chi connectivity index (χ3n) is 4.43. The van der Waals surface area contributed by atoms with Crippen LogP contribution in [0.25, 0.3) is 0 Å². The Kier molecular flexibility index (Phi) is 5.03. The number of amides is 1. The summed E-state index contributed by atoms with van der Waals surface area (Å²) in [5.41, 5.74) is 3.94. The molecule has 0 atom stereocenters. The minimum absolute atomic E-state index is 0.0169. The van der Waals surface area contributed by atoms with Crippen molar-refractivity contribution in [3.63, 3.8) is 0 Å². The number of aromatic hydroxyl groups is 1. The molecule has 0 saturated carbocycles. The first kappa shape index (κ1) is 17.0. The Balaban J connectivity index is 1.75. The lowest BCUT2D eigenvalue weighted by molar-refractivity contribution is -0.130. The summed E-state index contributed by atoms with van der Waals surface area (Å²) < 4.78 is 5.27. The molecular weight excluding hydrogens is 316 g/mol. The Morgan fingerprint density at radius 1 is 1.20 bits per heavy atom. The Labute approximate surface area is 147 Å². The summed E-state index contributed by atoms with van der Waals surface area (Å²) in [6.45, 7) is 2.66. The molecule has 130 valence electrons. The van der Waals surface area contributed by atoms with Gasteiger partial charge in [-0.25, -0.2) is 5.01 Å². The van der Waals surface area contributed by atoms with Crippen molar-refractivity contribution >= 4 is 11.6 Å². The van der Waals surface area contributed by atoms with E-state index in [1.807, 2.05) is 30.3 Å². The van der Waals surface area contributed by atoms with Crippen molar-refractivity contribution in [2.45, 2.75) is 26.2 Å². The van der Waals surface area contributed by atoms with Gasteiger partial charge in [0, 0.05) is 6.42 Å². The van der Waals surface area contributed by atoms with Crippen LogP contribution in [-0.2, 0) is 17.6 Å². The molecule has 0 unspecified atom stereocenters. The lowest BCUT2D eigenvalue weighted by Crippen LogP contribution is -2.25. The fourth-order valence-electron chi connectivity index (χ4n) is 2.99. The summed E-state index contributed by atoms with van der Waals surface area (Å²) in [7, 11) is 1.63. The maximum absolute atomic E-state index is 12.7. The van der Waals surface area contributed by atoms with E-state index in [4.69, 9.17) is 4.74 Å². The number of ether oxygens (including phenoxy) is 1. The molecule has 1 aliphatic rings. The average Bonchev–Trinajstić information content (AvgIpc) is 3.12. The molecular formula is C20H22N2O3. The minimum Gasteiger partial charge on any atom is -0.508 e. The zero-order chi connectivity index (χ0) is 17.8. The first-order valence-electron chi connectivity index (χ1n) is 8.43. The van der Waals surface area contributed by atoms with Crippen molar-refractivity contribution in [3.05, 3.63) is 59.2 Å². The number of aryl methyl sites for hydroxylation is 1. The number of hydrogen-bond donors (Lipinski definition) is 1. The van der Waals surface area contributed by atoms with Crippen LogP contribution in [0.4, 0.5) is 0 Å². The zero-order valence-corrected chi connectivity index (χ0v) is 14.5. The van der Waals surface area contributed by atoms with E-state index in [2.05, 4.69) is 12.0 Å².